The molecule has 1 aromatic heterocycles. The molecule has 0 spiro atoms. The van der Waals surface area contributed by atoms with Crippen LogP contribution in [0, 0.1) is 20.8 Å². The summed E-state index contributed by atoms with van der Waals surface area (Å²) in [5.41, 5.74) is 4.23. The highest BCUT2D eigenvalue weighted by Crippen LogP contribution is 2.11. The number of carbonyl (C=O) groups is 1. The number of urea groups is 1. The molecule has 0 bridgehead atoms. The van der Waals surface area contributed by atoms with Gasteiger partial charge in [0.2, 0.25) is 0 Å². The minimum atomic E-state index is -0.699. The number of hydrogen-bond donors (Lipinski definition) is 3. The monoisotopic (exact) mass is 330 g/mol. The standard InChI is InChI=1S/C18H26N4O2/c1-13-14(2)21-22(15(13)3)11-7-10-19-18(24)20-12-17(23)16-8-5-4-6-9-16/h4-6,8-9,17,23H,7,10-12H2,1-3H3,(H2,19,20,24). The summed E-state index contributed by atoms with van der Waals surface area (Å²) in [5.74, 6) is 0. The Morgan fingerprint density at radius 3 is 2.54 bits per heavy atom. The summed E-state index contributed by atoms with van der Waals surface area (Å²) in [6, 6.07) is 9.01. The molecule has 130 valence electrons. The summed E-state index contributed by atoms with van der Waals surface area (Å²) < 4.78 is 1.98. The lowest BCUT2D eigenvalue weighted by molar-refractivity contribution is 0.173. The number of aromatic nitrogens is 2. The van der Waals surface area contributed by atoms with E-state index >= 15 is 0 Å². The smallest absolute Gasteiger partial charge is 0.314 e. The van der Waals surface area contributed by atoms with E-state index in [9.17, 15) is 9.90 Å². The maximum atomic E-state index is 11.8. The minimum absolute atomic E-state index is 0.187. The van der Waals surface area contributed by atoms with E-state index in [1.54, 1.807) is 0 Å². The van der Waals surface area contributed by atoms with Gasteiger partial charge in [-0.05, 0) is 38.3 Å². The van der Waals surface area contributed by atoms with Crippen LogP contribution in [0.15, 0.2) is 30.3 Å². The average Bonchev–Trinajstić information content (AvgIpc) is 2.84. The zero-order valence-corrected chi connectivity index (χ0v) is 14.5. The van der Waals surface area contributed by atoms with Crippen molar-refractivity contribution < 1.29 is 9.90 Å². The van der Waals surface area contributed by atoms with Crippen molar-refractivity contribution in [2.24, 2.45) is 0 Å². The molecule has 1 atom stereocenters. The number of amides is 2. The predicted molar refractivity (Wildman–Crippen MR) is 93.9 cm³/mol. The molecule has 0 aliphatic rings. The summed E-state index contributed by atoms with van der Waals surface area (Å²) >= 11 is 0. The molecule has 0 radical (unpaired) electrons. The van der Waals surface area contributed by atoms with Gasteiger partial charge in [0.15, 0.2) is 0 Å². The fourth-order valence-corrected chi connectivity index (χ4v) is 2.48. The molecule has 0 saturated carbocycles. The van der Waals surface area contributed by atoms with Crippen molar-refractivity contribution in [2.75, 3.05) is 13.1 Å². The van der Waals surface area contributed by atoms with E-state index in [2.05, 4.69) is 29.6 Å². The van der Waals surface area contributed by atoms with Crippen LogP contribution in [-0.2, 0) is 6.54 Å². The van der Waals surface area contributed by atoms with Crippen LogP contribution >= 0.6 is 0 Å². The second-order valence-electron chi connectivity index (χ2n) is 5.94. The summed E-state index contributed by atoms with van der Waals surface area (Å²) in [4.78, 5) is 11.8. The predicted octanol–water partition coefficient (Wildman–Crippen LogP) is 2.23. The van der Waals surface area contributed by atoms with Crippen molar-refractivity contribution in [1.29, 1.82) is 0 Å². The lowest BCUT2D eigenvalue weighted by atomic mass is 10.1. The first-order chi connectivity index (χ1) is 11.5. The van der Waals surface area contributed by atoms with Gasteiger partial charge in [-0.3, -0.25) is 4.68 Å². The SMILES string of the molecule is Cc1nn(CCCNC(=O)NCC(O)c2ccccc2)c(C)c1C. The summed E-state index contributed by atoms with van der Waals surface area (Å²) in [6.45, 7) is 7.64. The van der Waals surface area contributed by atoms with Crippen molar-refractivity contribution in [3.05, 3.63) is 52.8 Å². The Hall–Kier alpha value is -2.34. The zero-order chi connectivity index (χ0) is 17.5. The molecule has 2 aromatic rings. The van der Waals surface area contributed by atoms with Gasteiger partial charge < -0.3 is 15.7 Å². The van der Waals surface area contributed by atoms with Crippen LogP contribution in [0.5, 0.6) is 0 Å². The third-order valence-corrected chi connectivity index (χ3v) is 4.22. The van der Waals surface area contributed by atoms with Gasteiger partial charge in [0.05, 0.1) is 11.8 Å². The van der Waals surface area contributed by atoms with E-state index in [4.69, 9.17) is 0 Å². The van der Waals surface area contributed by atoms with Crippen LogP contribution in [0.2, 0.25) is 0 Å². The fourth-order valence-electron chi connectivity index (χ4n) is 2.48. The number of carbonyl (C=O) groups excluding carboxylic acids is 1. The van der Waals surface area contributed by atoms with E-state index in [0.29, 0.717) is 6.54 Å². The van der Waals surface area contributed by atoms with E-state index in [0.717, 1.165) is 24.2 Å². The number of nitrogens with zero attached hydrogens (tertiary/aromatic N) is 2. The van der Waals surface area contributed by atoms with Gasteiger partial charge in [-0.1, -0.05) is 30.3 Å². The quantitative estimate of drug-likeness (QED) is 0.681. The Kier molecular flexibility index (Phi) is 6.37. The molecule has 2 rings (SSSR count). The van der Waals surface area contributed by atoms with Crippen molar-refractivity contribution in [2.45, 2.75) is 39.8 Å². The molecule has 1 heterocycles. The topological polar surface area (TPSA) is 79.2 Å². The Morgan fingerprint density at radius 1 is 1.21 bits per heavy atom. The number of nitrogens with one attached hydrogen (secondary N) is 2. The second kappa shape index (κ2) is 8.49. The number of aliphatic hydroxyl groups excluding tert-OH is 1. The first-order valence-corrected chi connectivity index (χ1v) is 8.24. The summed E-state index contributed by atoms with van der Waals surface area (Å²) in [5, 5.41) is 19.9. The van der Waals surface area contributed by atoms with Gasteiger partial charge in [0.25, 0.3) is 0 Å². The third kappa shape index (κ3) is 4.83. The number of rotatable bonds is 7. The molecule has 6 nitrogen and oxygen atoms in total. The lowest BCUT2D eigenvalue weighted by Gasteiger charge is -2.13. The van der Waals surface area contributed by atoms with Crippen molar-refractivity contribution >= 4 is 6.03 Å². The summed E-state index contributed by atoms with van der Waals surface area (Å²) in [7, 11) is 0. The molecule has 0 saturated heterocycles. The zero-order valence-electron chi connectivity index (χ0n) is 14.5. The highest BCUT2D eigenvalue weighted by atomic mass is 16.3. The highest BCUT2D eigenvalue weighted by Gasteiger charge is 2.09. The van der Waals surface area contributed by atoms with Gasteiger partial charge in [-0.15, -0.1) is 0 Å². The Balaban J connectivity index is 1.65. The summed E-state index contributed by atoms with van der Waals surface area (Å²) in [6.07, 6.45) is 0.102. The molecule has 1 unspecified atom stereocenters. The normalized spacial score (nSPS) is 12.0. The highest BCUT2D eigenvalue weighted by molar-refractivity contribution is 5.73. The number of aryl methyl sites for hydroxylation is 2. The van der Waals surface area contributed by atoms with Gasteiger partial charge in [0.1, 0.15) is 0 Å². The molecular weight excluding hydrogens is 304 g/mol. The maximum absolute atomic E-state index is 11.8. The van der Waals surface area contributed by atoms with Crippen molar-refractivity contribution in [3.8, 4) is 0 Å². The molecule has 0 aliphatic heterocycles. The second-order valence-corrected chi connectivity index (χ2v) is 5.94. The van der Waals surface area contributed by atoms with Gasteiger partial charge >= 0.3 is 6.03 Å². The Labute approximate surface area is 142 Å². The molecule has 3 N–H and O–H groups in total. The Bertz CT molecular complexity index is 667. The van der Waals surface area contributed by atoms with Crippen LogP contribution in [-0.4, -0.2) is 34.0 Å². The largest absolute Gasteiger partial charge is 0.387 e. The molecule has 0 aliphatic carbocycles. The number of aliphatic hydroxyl groups is 1. The van der Waals surface area contributed by atoms with Crippen LogP contribution in [0.4, 0.5) is 4.79 Å². The number of benzene rings is 1. The maximum Gasteiger partial charge on any atom is 0.314 e. The first kappa shape index (κ1) is 18.0. The first-order valence-electron chi connectivity index (χ1n) is 8.24. The Morgan fingerprint density at radius 2 is 1.92 bits per heavy atom. The molecular formula is C18H26N4O2. The van der Waals surface area contributed by atoms with Crippen molar-refractivity contribution in [1.82, 2.24) is 20.4 Å². The van der Waals surface area contributed by atoms with Gasteiger partial charge in [-0.2, -0.15) is 5.10 Å². The van der Waals surface area contributed by atoms with E-state index in [1.165, 1.54) is 11.3 Å². The van der Waals surface area contributed by atoms with Crippen LogP contribution in [0.3, 0.4) is 0 Å². The molecule has 2 amide bonds. The molecule has 1 aromatic carbocycles. The fraction of sp³-hybridized carbons (Fsp3) is 0.444. The minimum Gasteiger partial charge on any atom is -0.387 e. The molecule has 0 fully saturated rings. The molecule has 6 heteroatoms. The average molecular weight is 330 g/mol. The van der Waals surface area contributed by atoms with E-state index in [1.807, 2.05) is 41.9 Å². The van der Waals surface area contributed by atoms with Crippen LogP contribution in [0.1, 0.15) is 35.0 Å². The van der Waals surface area contributed by atoms with Gasteiger partial charge in [-0.25, -0.2) is 4.79 Å². The van der Waals surface area contributed by atoms with E-state index < -0.39 is 6.10 Å². The van der Waals surface area contributed by atoms with Crippen LogP contribution < -0.4 is 10.6 Å². The number of hydrogen-bond acceptors (Lipinski definition) is 3. The third-order valence-electron chi connectivity index (χ3n) is 4.22. The van der Waals surface area contributed by atoms with Crippen LogP contribution in [0.25, 0.3) is 0 Å². The van der Waals surface area contributed by atoms with E-state index in [-0.39, 0.29) is 12.6 Å². The van der Waals surface area contributed by atoms with Gasteiger partial charge in [0, 0.05) is 25.3 Å². The van der Waals surface area contributed by atoms with Crippen molar-refractivity contribution in [3.63, 3.8) is 0 Å². The lowest BCUT2D eigenvalue weighted by Crippen LogP contribution is -2.38. The molecule has 24 heavy (non-hydrogen) atoms.